The molecule has 2 aromatic heterocycles. The Hall–Kier alpha value is -2.32. The standard InChI is InChI=1S/C19H24N4O/c1-14-11-15(2)22-19(16(14)12-20)21-13-17(18-7-6-10-24-18)23-8-4-3-5-9-23/h6-7,10-11,17H,3-5,8-9,13H2,1-2H3,(H,21,22). The first-order chi connectivity index (χ1) is 11.7. The van der Waals surface area contributed by atoms with Crippen LogP contribution in [0.3, 0.4) is 0 Å². The smallest absolute Gasteiger partial charge is 0.144 e. The highest BCUT2D eigenvalue weighted by Gasteiger charge is 2.24. The lowest BCUT2D eigenvalue weighted by Crippen LogP contribution is -2.37. The molecule has 1 aliphatic heterocycles. The maximum atomic E-state index is 9.43. The molecule has 0 amide bonds. The fourth-order valence-electron chi connectivity index (χ4n) is 3.42. The lowest BCUT2D eigenvalue weighted by molar-refractivity contribution is 0.153. The average molecular weight is 324 g/mol. The number of nitrogens with one attached hydrogen (secondary N) is 1. The molecule has 5 heteroatoms. The summed E-state index contributed by atoms with van der Waals surface area (Å²) in [6, 6.07) is 8.33. The van der Waals surface area contributed by atoms with Crippen molar-refractivity contribution in [3.63, 3.8) is 0 Å². The van der Waals surface area contributed by atoms with Gasteiger partial charge in [-0.2, -0.15) is 5.26 Å². The van der Waals surface area contributed by atoms with Crippen molar-refractivity contribution in [3.8, 4) is 6.07 Å². The van der Waals surface area contributed by atoms with Crippen LogP contribution in [0.2, 0.25) is 0 Å². The van der Waals surface area contributed by atoms with E-state index in [1.54, 1.807) is 6.26 Å². The van der Waals surface area contributed by atoms with E-state index in [0.29, 0.717) is 17.9 Å². The number of nitrogens with zero attached hydrogens (tertiary/aromatic N) is 3. The maximum absolute atomic E-state index is 9.43. The molecule has 1 saturated heterocycles. The van der Waals surface area contributed by atoms with E-state index in [4.69, 9.17) is 4.42 Å². The summed E-state index contributed by atoms with van der Waals surface area (Å²) in [6.45, 7) is 6.75. The van der Waals surface area contributed by atoms with Crippen molar-refractivity contribution >= 4 is 5.82 Å². The van der Waals surface area contributed by atoms with E-state index in [-0.39, 0.29) is 6.04 Å². The highest BCUT2D eigenvalue weighted by molar-refractivity contribution is 5.56. The Labute approximate surface area is 143 Å². The molecular weight excluding hydrogens is 300 g/mol. The van der Waals surface area contributed by atoms with Crippen molar-refractivity contribution in [2.24, 2.45) is 0 Å². The van der Waals surface area contributed by atoms with Gasteiger partial charge in [0.15, 0.2) is 0 Å². The summed E-state index contributed by atoms with van der Waals surface area (Å²) in [6.07, 6.45) is 5.47. The molecule has 0 spiro atoms. The van der Waals surface area contributed by atoms with Gasteiger partial charge in [-0.25, -0.2) is 4.98 Å². The molecule has 3 heterocycles. The van der Waals surface area contributed by atoms with Gasteiger partial charge >= 0.3 is 0 Å². The molecule has 5 nitrogen and oxygen atoms in total. The van der Waals surface area contributed by atoms with Crippen LogP contribution in [0.5, 0.6) is 0 Å². The number of nitriles is 1. The zero-order valence-electron chi connectivity index (χ0n) is 14.4. The summed E-state index contributed by atoms with van der Waals surface area (Å²) in [5, 5.41) is 12.8. The molecule has 3 rings (SSSR count). The minimum absolute atomic E-state index is 0.162. The topological polar surface area (TPSA) is 65.1 Å². The van der Waals surface area contributed by atoms with E-state index in [1.807, 2.05) is 32.0 Å². The molecule has 0 saturated carbocycles. The van der Waals surface area contributed by atoms with Crippen LogP contribution in [0.1, 0.15) is 47.9 Å². The second-order valence-electron chi connectivity index (χ2n) is 6.42. The Kier molecular flexibility index (Phi) is 5.17. The van der Waals surface area contributed by atoms with Crippen molar-refractivity contribution < 1.29 is 4.42 Å². The van der Waals surface area contributed by atoms with Crippen molar-refractivity contribution in [3.05, 3.63) is 47.0 Å². The molecule has 126 valence electrons. The predicted octanol–water partition coefficient (Wildman–Crippen LogP) is 3.80. The molecule has 1 aliphatic rings. The van der Waals surface area contributed by atoms with Gasteiger partial charge in [0.1, 0.15) is 17.6 Å². The molecule has 24 heavy (non-hydrogen) atoms. The van der Waals surface area contributed by atoms with Gasteiger partial charge in [0.2, 0.25) is 0 Å². The molecule has 0 aromatic carbocycles. The summed E-state index contributed by atoms with van der Waals surface area (Å²) < 4.78 is 5.67. The predicted molar refractivity (Wildman–Crippen MR) is 93.8 cm³/mol. The Balaban J connectivity index is 1.80. The van der Waals surface area contributed by atoms with Crippen molar-refractivity contribution in [1.29, 1.82) is 5.26 Å². The number of piperidine rings is 1. The number of aryl methyl sites for hydroxylation is 2. The summed E-state index contributed by atoms with van der Waals surface area (Å²) in [7, 11) is 0. The van der Waals surface area contributed by atoms with Crippen LogP contribution >= 0.6 is 0 Å². The van der Waals surface area contributed by atoms with E-state index in [1.165, 1.54) is 19.3 Å². The van der Waals surface area contributed by atoms with E-state index in [0.717, 1.165) is 30.1 Å². The van der Waals surface area contributed by atoms with Crippen LogP contribution < -0.4 is 5.32 Å². The Morgan fingerprint density at radius 3 is 2.79 bits per heavy atom. The Morgan fingerprint density at radius 2 is 2.12 bits per heavy atom. The minimum Gasteiger partial charge on any atom is -0.468 e. The number of anilines is 1. The third-order valence-corrected chi connectivity index (χ3v) is 4.62. The molecule has 1 fully saturated rings. The van der Waals surface area contributed by atoms with Gasteiger partial charge < -0.3 is 9.73 Å². The van der Waals surface area contributed by atoms with Crippen molar-refractivity contribution in [1.82, 2.24) is 9.88 Å². The highest BCUT2D eigenvalue weighted by atomic mass is 16.3. The summed E-state index contributed by atoms with van der Waals surface area (Å²) in [5.41, 5.74) is 2.50. The monoisotopic (exact) mass is 324 g/mol. The second kappa shape index (κ2) is 7.50. The molecule has 0 radical (unpaired) electrons. The fourth-order valence-corrected chi connectivity index (χ4v) is 3.42. The lowest BCUT2D eigenvalue weighted by atomic mass is 10.1. The molecule has 1 atom stereocenters. The van der Waals surface area contributed by atoms with Gasteiger partial charge in [-0.1, -0.05) is 6.42 Å². The highest BCUT2D eigenvalue weighted by Crippen LogP contribution is 2.26. The van der Waals surface area contributed by atoms with Gasteiger partial charge in [0.05, 0.1) is 17.9 Å². The van der Waals surface area contributed by atoms with Gasteiger partial charge in [-0.05, 0) is 63.5 Å². The first-order valence-electron chi connectivity index (χ1n) is 8.58. The van der Waals surface area contributed by atoms with Crippen LogP contribution in [0.15, 0.2) is 28.9 Å². The molecule has 1 unspecified atom stereocenters. The quantitative estimate of drug-likeness (QED) is 0.906. The van der Waals surface area contributed by atoms with Crippen LogP contribution in [-0.2, 0) is 0 Å². The zero-order valence-corrected chi connectivity index (χ0v) is 14.4. The minimum atomic E-state index is 0.162. The third kappa shape index (κ3) is 3.60. The number of pyridine rings is 1. The first-order valence-corrected chi connectivity index (χ1v) is 8.58. The molecule has 2 aromatic rings. The van der Waals surface area contributed by atoms with Crippen LogP contribution in [0, 0.1) is 25.2 Å². The molecule has 0 aliphatic carbocycles. The molecule has 0 bridgehead atoms. The number of hydrogen-bond acceptors (Lipinski definition) is 5. The van der Waals surface area contributed by atoms with Gasteiger partial charge in [-0.3, -0.25) is 4.90 Å². The molecular formula is C19H24N4O. The third-order valence-electron chi connectivity index (χ3n) is 4.62. The van der Waals surface area contributed by atoms with Gasteiger partial charge in [0.25, 0.3) is 0 Å². The van der Waals surface area contributed by atoms with Crippen LogP contribution in [0.25, 0.3) is 0 Å². The fraction of sp³-hybridized carbons (Fsp3) is 0.474. The lowest BCUT2D eigenvalue weighted by Gasteiger charge is -2.33. The normalized spacial score (nSPS) is 16.5. The molecule has 1 N–H and O–H groups in total. The Bertz CT molecular complexity index is 712. The average Bonchev–Trinajstić information content (AvgIpc) is 3.10. The summed E-state index contributed by atoms with van der Waals surface area (Å²) >= 11 is 0. The van der Waals surface area contributed by atoms with E-state index in [9.17, 15) is 5.26 Å². The summed E-state index contributed by atoms with van der Waals surface area (Å²) in [5.74, 6) is 1.64. The van der Waals surface area contributed by atoms with Gasteiger partial charge in [0, 0.05) is 12.2 Å². The van der Waals surface area contributed by atoms with E-state index < -0.39 is 0 Å². The Morgan fingerprint density at radius 1 is 1.33 bits per heavy atom. The number of rotatable bonds is 5. The summed E-state index contributed by atoms with van der Waals surface area (Å²) in [4.78, 5) is 6.98. The van der Waals surface area contributed by atoms with Gasteiger partial charge in [-0.15, -0.1) is 0 Å². The maximum Gasteiger partial charge on any atom is 0.144 e. The number of likely N-dealkylation sites (tertiary alicyclic amines) is 1. The SMILES string of the molecule is Cc1cc(C)c(C#N)c(NCC(c2ccco2)N2CCCCC2)n1. The van der Waals surface area contributed by atoms with E-state index in [2.05, 4.69) is 21.3 Å². The van der Waals surface area contributed by atoms with Crippen molar-refractivity contribution in [2.45, 2.75) is 39.2 Å². The van der Waals surface area contributed by atoms with Crippen molar-refractivity contribution in [2.75, 3.05) is 25.0 Å². The van der Waals surface area contributed by atoms with E-state index >= 15 is 0 Å². The number of furan rings is 1. The first kappa shape index (κ1) is 16.5. The largest absolute Gasteiger partial charge is 0.468 e. The zero-order chi connectivity index (χ0) is 16.9. The number of hydrogen-bond donors (Lipinski definition) is 1. The van der Waals surface area contributed by atoms with Crippen LogP contribution in [-0.4, -0.2) is 29.5 Å². The van der Waals surface area contributed by atoms with Crippen LogP contribution in [0.4, 0.5) is 5.82 Å². The number of aromatic nitrogens is 1. The second-order valence-corrected chi connectivity index (χ2v) is 6.42.